The van der Waals surface area contributed by atoms with E-state index < -0.39 is 0 Å². The van der Waals surface area contributed by atoms with Crippen LogP contribution in [0.2, 0.25) is 0 Å². The van der Waals surface area contributed by atoms with E-state index in [0.29, 0.717) is 31.7 Å². The molecule has 2 amide bonds. The smallest absolute Gasteiger partial charge is 0.229 e. The largest absolute Gasteiger partial charge is 0.324 e. The van der Waals surface area contributed by atoms with Gasteiger partial charge in [0.1, 0.15) is 5.82 Å². The van der Waals surface area contributed by atoms with E-state index in [4.69, 9.17) is 5.73 Å². The van der Waals surface area contributed by atoms with Crippen molar-refractivity contribution in [3.63, 3.8) is 0 Å². The first-order valence-corrected chi connectivity index (χ1v) is 7.24. The van der Waals surface area contributed by atoms with Crippen LogP contribution in [0, 0.1) is 0 Å². The van der Waals surface area contributed by atoms with E-state index in [1.807, 2.05) is 11.5 Å². The van der Waals surface area contributed by atoms with Crippen molar-refractivity contribution < 1.29 is 9.59 Å². The van der Waals surface area contributed by atoms with Gasteiger partial charge in [0.2, 0.25) is 11.8 Å². The van der Waals surface area contributed by atoms with Gasteiger partial charge < -0.3 is 10.3 Å². The number of hydrogen-bond acceptors (Lipinski definition) is 6. The Morgan fingerprint density at radius 1 is 1.26 bits per heavy atom. The number of carbonyl (C=O) groups is 2. The van der Waals surface area contributed by atoms with E-state index in [0.717, 1.165) is 17.5 Å². The zero-order valence-corrected chi connectivity index (χ0v) is 11.7. The molecular formula is C11H17N5O2S. The average molecular weight is 283 g/mol. The number of nitrogens with zero attached hydrogens (tertiary/aromatic N) is 4. The number of likely N-dealkylation sites (tertiary alicyclic amines) is 1. The third kappa shape index (κ3) is 2.95. The molecule has 0 aliphatic carbocycles. The summed E-state index contributed by atoms with van der Waals surface area (Å²) < 4.78 is 1.94. The van der Waals surface area contributed by atoms with Gasteiger partial charge in [-0.2, -0.15) is 0 Å². The topological polar surface area (TPSA) is 94.1 Å². The van der Waals surface area contributed by atoms with Crippen LogP contribution in [-0.2, 0) is 22.7 Å². The van der Waals surface area contributed by atoms with Gasteiger partial charge >= 0.3 is 0 Å². The summed E-state index contributed by atoms with van der Waals surface area (Å²) in [4.78, 5) is 24.2. The van der Waals surface area contributed by atoms with Gasteiger partial charge in [-0.05, 0) is 6.92 Å². The van der Waals surface area contributed by atoms with Crippen LogP contribution in [0.15, 0.2) is 5.16 Å². The Morgan fingerprint density at radius 3 is 2.53 bits per heavy atom. The summed E-state index contributed by atoms with van der Waals surface area (Å²) in [7, 11) is 0. The molecule has 104 valence electrons. The molecule has 0 unspecified atom stereocenters. The van der Waals surface area contributed by atoms with Gasteiger partial charge in [-0.15, -0.1) is 10.2 Å². The lowest BCUT2D eigenvalue weighted by Crippen LogP contribution is -2.31. The molecule has 7 nitrogen and oxygen atoms in total. The number of carbonyl (C=O) groups excluding carboxylic acids is 2. The first-order valence-electron chi connectivity index (χ1n) is 6.25. The minimum absolute atomic E-state index is 0.0785. The van der Waals surface area contributed by atoms with E-state index in [9.17, 15) is 9.59 Å². The Kier molecular flexibility index (Phi) is 4.54. The highest BCUT2D eigenvalue weighted by atomic mass is 32.2. The number of rotatable bonds is 6. The molecule has 1 saturated heterocycles. The summed E-state index contributed by atoms with van der Waals surface area (Å²) in [6.07, 6.45) is 0.679. The van der Waals surface area contributed by atoms with Gasteiger partial charge in [-0.1, -0.05) is 11.8 Å². The normalized spacial score (nSPS) is 15.6. The Balaban J connectivity index is 1.91. The second-order valence-electron chi connectivity index (χ2n) is 4.13. The molecule has 1 aromatic heterocycles. The number of amides is 2. The summed E-state index contributed by atoms with van der Waals surface area (Å²) >= 11 is 1.49. The van der Waals surface area contributed by atoms with Crippen molar-refractivity contribution in [1.82, 2.24) is 19.7 Å². The van der Waals surface area contributed by atoms with Gasteiger partial charge in [-0.3, -0.25) is 14.5 Å². The van der Waals surface area contributed by atoms with Crippen molar-refractivity contribution in [3.05, 3.63) is 5.82 Å². The first-order chi connectivity index (χ1) is 9.17. The highest BCUT2D eigenvalue weighted by Crippen LogP contribution is 2.19. The highest BCUT2D eigenvalue weighted by Gasteiger charge is 2.28. The molecule has 0 bridgehead atoms. The lowest BCUT2D eigenvalue weighted by atomic mass is 10.4. The Hall–Kier alpha value is -1.41. The third-order valence-corrected chi connectivity index (χ3v) is 3.94. The summed E-state index contributed by atoms with van der Waals surface area (Å²) in [6.45, 7) is 3.53. The molecule has 1 aliphatic rings. The van der Waals surface area contributed by atoms with Gasteiger partial charge in [-0.25, -0.2) is 0 Å². The molecule has 0 aromatic carbocycles. The molecule has 0 spiro atoms. The number of hydrogen-bond donors (Lipinski definition) is 1. The van der Waals surface area contributed by atoms with E-state index in [1.165, 1.54) is 16.7 Å². The van der Waals surface area contributed by atoms with Crippen molar-refractivity contribution in [3.8, 4) is 0 Å². The summed E-state index contributed by atoms with van der Waals surface area (Å²) in [5.41, 5.74) is 5.57. The number of thioether (sulfide) groups is 1. The van der Waals surface area contributed by atoms with Crippen molar-refractivity contribution in [1.29, 1.82) is 0 Å². The molecule has 19 heavy (non-hydrogen) atoms. The molecule has 0 atom stereocenters. The summed E-state index contributed by atoms with van der Waals surface area (Å²) in [5, 5.41) is 8.85. The second-order valence-corrected chi connectivity index (χ2v) is 5.20. The Bertz CT molecular complexity index is 471. The molecular weight excluding hydrogens is 266 g/mol. The lowest BCUT2D eigenvalue weighted by molar-refractivity contribution is -0.137. The predicted molar refractivity (Wildman–Crippen MR) is 70.3 cm³/mol. The Morgan fingerprint density at radius 2 is 1.95 bits per heavy atom. The fourth-order valence-electron chi connectivity index (χ4n) is 1.99. The van der Waals surface area contributed by atoms with Crippen LogP contribution < -0.4 is 5.73 Å². The summed E-state index contributed by atoms with van der Waals surface area (Å²) in [5.74, 6) is 1.22. The van der Waals surface area contributed by atoms with Crippen molar-refractivity contribution in [2.45, 2.75) is 38.0 Å². The van der Waals surface area contributed by atoms with Crippen LogP contribution in [-0.4, -0.2) is 43.8 Å². The third-order valence-electron chi connectivity index (χ3n) is 2.99. The molecule has 2 N–H and O–H groups in total. The molecule has 0 saturated carbocycles. The zero-order chi connectivity index (χ0) is 13.8. The molecule has 8 heteroatoms. The SMILES string of the molecule is CCn1c(CN)nnc1SCCN1C(=O)CCC1=O. The van der Waals surface area contributed by atoms with Crippen LogP contribution in [0.3, 0.4) is 0 Å². The van der Waals surface area contributed by atoms with Crippen molar-refractivity contribution in [2.24, 2.45) is 5.73 Å². The van der Waals surface area contributed by atoms with Crippen LogP contribution >= 0.6 is 11.8 Å². The summed E-state index contributed by atoms with van der Waals surface area (Å²) in [6, 6.07) is 0. The van der Waals surface area contributed by atoms with Crippen molar-refractivity contribution in [2.75, 3.05) is 12.3 Å². The van der Waals surface area contributed by atoms with Crippen molar-refractivity contribution >= 4 is 23.6 Å². The van der Waals surface area contributed by atoms with E-state index >= 15 is 0 Å². The fourth-order valence-corrected chi connectivity index (χ4v) is 2.94. The number of nitrogens with two attached hydrogens (primary N) is 1. The van der Waals surface area contributed by atoms with Crippen LogP contribution in [0.5, 0.6) is 0 Å². The fraction of sp³-hybridized carbons (Fsp3) is 0.636. The Labute approximate surface area is 115 Å². The number of imide groups is 1. The maximum atomic E-state index is 11.4. The quantitative estimate of drug-likeness (QED) is 0.583. The molecule has 1 fully saturated rings. The predicted octanol–water partition coefficient (Wildman–Crippen LogP) is -0.00220. The minimum atomic E-state index is -0.0785. The average Bonchev–Trinajstić information content (AvgIpc) is 2.95. The van der Waals surface area contributed by atoms with Gasteiger partial charge in [0.15, 0.2) is 5.16 Å². The van der Waals surface area contributed by atoms with Gasteiger partial charge in [0.05, 0.1) is 6.54 Å². The monoisotopic (exact) mass is 283 g/mol. The standard InChI is InChI=1S/C11H17N5O2S/c1-2-15-8(7-12)13-14-11(15)19-6-5-16-9(17)3-4-10(16)18/h2-7,12H2,1H3. The van der Waals surface area contributed by atoms with Gasteiger partial charge in [0, 0.05) is 31.7 Å². The van der Waals surface area contributed by atoms with Crippen LogP contribution in [0.1, 0.15) is 25.6 Å². The number of aromatic nitrogens is 3. The van der Waals surface area contributed by atoms with Crippen LogP contribution in [0.4, 0.5) is 0 Å². The zero-order valence-electron chi connectivity index (χ0n) is 10.8. The lowest BCUT2D eigenvalue weighted by Gasteiger charge is -2.13. The van der Waals surface area contributed by atoms with Crippen LogP contribution in [0.25, 0.3) is 0 Å². The maximum Gasteiger partial charge on any atom is 0.229 e. The van der Waals surface area contributed by atoms with Gasteiger partial charge in [0.25, 0.3) is 0 Å². The molecule has 1 aromatic rings. The van der Waals surface area contributed by atoms with E-state index in [-0.39, 0.29) is 11.8 Å². The second kappa shape index (κ2) is 6.16. The molecule has 2 heterocycles. The molecule has 2 rings (SSSR count). The molecule has 1 aliphatic heterocycles. The molecule has 0 radical (unpaired) electrons. The highest BCUT2D eigenvalue weighted by molar-refractivity contribution is 7.99. The maximum absolute atomic E-state index is 11.4. The van der Waals surface area contributed by atoms with E-state index in [1.54, 1.807) is 0 Å². The first kappa shape index (κ1) is 14.0. The van der Waals surface area contributed by atoms with E-state index in [2.05, 4.69) is 10.2 Å². The minimum Gasteiger partial charge on any atom is -0.324 e.